The van der Waals surface area contributed by atoms with Crippen molar-refractivity contribution < 1.29 is 9.59 Å². The van der Waals surface area contributed by atoms with Crippen LogP contribution < -0.4 is 5.32 Å². The lowest BCUT2D eigenvalue weighted by Gasteiger charge is -2.49. The molecule has 0 unspecified atom stereocenters. The summed E-state index contributed by atoms with van der Waals surface area (Å²) in [5, 5.41) is 3.36. The van der Waals surface area contributed by atoms with Crippen LogP contribution in [0.25, 0.3) is 0 Å². The normalized spacial score (nSPS) is 27.2. The van der Waals surface area contributed by atoms with Crippen LogP contribution in [-0.2, 0) is 11.2 Å². The zero-order valence-electron chi connectivity index (χ0n) is 17.2. The molecule has 1 atom stereocenters. The molecule has 0 aromatic heterocycles. The Labute approximate surface area is 169 Å². The third-order valence-electron chi connectivity index (χ3n) is 7.15. The molecule has 0 radical (unpaired) electrons. The lowest BCUT2D eigenvalue weighted by Crippen LogP contribution is -2.66. The van der Waals surface area contributed by atoms with Crippen LogP contribution in [0, 0.1) is 0 Å². The van der Waals surface area contributed by atoms with Crippen LogP contribution in [0.2, 0.25) is 0 Å². The summed E-state index contributed by atoms with van der Waals surface area (Å²) in [4.78, 5) is 29.1. The minimum Gasteiger partial charge on any atom is -0.351 e. The van der Waals surface area contributed by atoms with E-state index in [0.717, 1.165) is 49.7 Å². The van der Waals surface area contributed by atoms with Crippen LogP contribution in [-0.4, -0.2) is 34.3 Å². The van der Waals surface area contributed by atoms with Gasteiger partial charge in [0.2, 0.25) is 5.91 Å². The van der Waals surface area contributed by atoms with Gasteiger partial charge < -0.3 is 10.2 Å². The number of amides is 2. The molecule has 0 bridgehead atoms. The molecule has 4 heteroatoms. The SMILES string of the molecule is C[C@]1(C(=O)NC2CCCCCC2)Cc2ccccc2C(=O)N1C1CCCCC1. The van der Waals surface area contributed by atoms with Crippen LogP contribution in [0.15, 0.2) is 24.3 Å². The van der Waals surface area contributed by atoms with Gasteiger partial charge in [-0.3, -0.25) is 9.59 Å². The number of benzene rings is 1. The predicted octanol–water partition coefficient (Wildman–Crippen LogP) is 4.62. The van der Waals surface area contributed by atoms with Gasteiger partial charge in [-0.1, -0.05) is 63.1 Å². The summed E-state index contributed by atoms with van der Waals surface area (Å²) in [6, 6.07) is 8.29. The third kappa shape index (κ3) is 3.70. The molecule has 2 fully saturated rings. The first-order valence-electron chi connectivity index (χ1n) is 11.3. The molecule has 1 aromatic carbocycles. The van der Waals surface area contributed by atoms with E-state index in [4.69, 9.17) is 0 Å². The van der Waals surface area contributed by atoms with Crippen molar-refractivity contribution in [3.63, 3.8) is 0 Å². The maximum absolute atomic E-state index is 13.6. The first-order chi connectivity index (χ1) is 13.6. The molecule has 3 aliphatic rings. The molecule has 4 nitrogen and oxygen atoms in total. The van der Waals surface area contributed by atoms with Gasteiger partial charge in [-0.2, -0.15) is 0 Å². The van der Waals surface area contributed by atoms with Crippen molar-refractivity contribution >= 4 is 11.8 Å². The number of carbonyl (C=O) groups is 2. The highest BCUT2D eigenvalue weighted by atomic mass is 16.2. The maximum atomic E-state index is 13.6. The van der Waals surface area contributed by atoms with Gasteiger partial charge in [-0.25, -0.2) is 0 Å². The molecule has 1 heterocycles. The van der Waals surface area contributed by atoms with Gasteiger partial charge in [0.25, 0.3) is 5.91 Å². The Morgan fingerprint density at radius 3 is 2.29 bits per heavy atom. The maximum Gasteiger partial charge on any atom is 0.255 e. The lowest BCUT2D eigenvalue weighted by molar-refractivity contribution is -0.134. The van der Waals surface area contributed by atoms with Gasteiger partial charge in [0, 0.05) is 24.1 Å². The van der Waals surface area contributed by atoms with Crippen molar-refractivity contribution in [2.24, 2.45) is 0 Å². The van der Waals surface area contributed by atoms with Crippen LogP contribution in [0.3, 0.4) is 0 Å². The Morgan fingerprint density at radius 1 is 0.964 bits per heavy atom. The van der Waals surface area contributed by atoms with Crippen molar-refractivity contribution in [1.29, 1.82) is 0 Å². The van der Waals surface area contributed by atoms with Crippen LogP contribution in [0.4, 0.5) is 0 Å². The molecule has 1 aliphatic heterocycles. The van der Waals surface area contributed by atoms with Crippen LogP contribution >= 0.6 is 0 Å². The Hall–Kier alpha value is -1.84. The van der Waals surface area contributed by atoms with E-state index in [0.29, 0.717) is 6.42 Å². The van der Waals surface area contributed by atoms with Gasteiger partial charge in [-0.15, -0.1) is 0 Å². The molecule has 1 N–H and O–H groups in total. The number of fused-ring (bicyclic) bond motifs is 1. The summed E-state index contributed by atoms with van der Waals surface area (Å²) >= 11 is 0. The summed E-state index contributed by atoms with van der Waals surface area (Å²) < 4.78 is 0. The number of nitrogens with zero attached hydrogens (tertiary/aromatic N) is 1. The zero-order valence-corrected chi connectivity index (χ0v) is 17.2. The van der Waals surface area contributed by atoms with Crippen molar-refractivity contribution in [3.05, 3.63) is 35.4 Å². The molecule has 28 heavy (non-hydrogen) atoms. The van der Waals surface area contributed by atoms with E-state index in [1.807, 2.05) is 36.1 Å². The zero-order chi connectivity index (χ0) is 19.6. The van der Waals surface area contributed by atoms with Gasteiger partial charge in [0.1, 0.15) is 5.54 Å². The van der Waals surface area contributed by atoms with Gasteiger partial charge >= 0.3 is 0 Å². The Morgan fingerprint density at radius 2 is 1.57 bits per heavy atom. The highest BCUT2D eigenvalue weighted by Gasteiger charge is 2.49. The first kappa shape index (κ1) is 19.5. The van der Waals surface area contributed by atoms with Crippen LogP contribution in [0.1, 0.15) is 93.5 Å². The lowest BCUT2D eigenvalue weighted by atomic mass is 9.79. The smallest absolute Gasteiger partial charge is 0.255 e. The van der Waals surface area contributed by atoms with Crippen molar-refractivity contribution in [1.82, 2.24) is 10.2 Å². The number of hydrogen-bond acceptors (Lipinski definition) is 2. The number of nitrogens with one attached hydrogen (secondary N) is 1. The molecular formula is C24H34N2O2. The minimum atomic E-state index is -0.792. The van der Waals surface area contributed by atoms with Crippen LogP contribution in [0.5, 0.6) is 0 Å². The summed E-state index contributed by atoms with van der Waals surface area (Å²) in [5.74, 6) is 0.0973. The number of carbonyl (C=O) groups excluding carboxylic acids is 2. The molecule has 0 spiro atoms. The van der Waals surface area contributed by atoms with Crippen molar-refractivity contribution in [2.45, 2.75) is 102 Å². The fourth-order valence-corrected chi connectivity index (χ4v) is 5.56. The average molecular weight is 383 g/mol. The fraction of sp³-hybridized carbons (Fsp3) is 0.667. The molecule has 152 valence electrons. The van der Waals surface area contributed by atoms with E-state index in [9.17, 15) is 9.59 Å². The largest absolute Gasteiger partial charge is 0.351 e. The monoisotopic (exact) mass is 382 g/mol. The quantitative estimate of drug-likeness (QED) is 0.776. The Balaban J connectivity index is 1.64. The molecule has 2 amide bonds. The highest BCUT2D eigenvalue weighted by molar-refractivity contribution is 6.02. The van der Waals surface area contributed by atoms with E-state index in [2.05, 4.69) is 5.32 Å². The Kier molecular flexibility index (Phi) is 5.75. The van der Waals surface area contributed by atoms with E-state index < -0.39 is 5.54 Å². The molecule has 1 aromatic rings. The second-order valence-electron chi connectivity index (χ2n) is 9.24. The molecular weight excluding hydrogens is 348 g/mol. The van der Waals surface area contributed by atoms with Gasteiger partial charge in [0.15, 0.2) is 0 Å². The molecule has 2 aliphatic carbocycles. The molecule has 2 saturated carbocycles. The second-order valence-corrected chi connectivity index (χ2v) is 9.24. The van der Waals surface area contributed by atoms with Crippen molar-refractivity contribution in [3.8, 4) is 0 Å². The van der Waals surface area contributed by atoms with Gasteiger partial charge in [0.05, 0.1) is 0 Å². The van der Waals surface area contributed by atoms with Crippen molar-refractivity contribution in [2.75, 3.05) is 0 Å². The summed E-state index contributed by atoms with van der Waals surface area (Å²) in [5.41, 5.74) is 1.01. The van der Waals surface area contributed by atoms with E-state index in [-0.39, 0.29) is 23.9 Å². The number of rotatable bonds is 3. The standard InChI is InChI=1S/C24H34N2O2/c1-24(23(28)25-19-12-5-2-3-6-13-19)17-18-11-9-10-16-21(18)22(27)26(24)20-14-7-4-8-15-20/h9-11,16,19-20H,2-8,12-15,17H2,1H3,(H,25,28)/t24-/m1/s1. The molecule has 4 rings (SSSR count). The minimum absolute atomic E-state index is 0.0484. The molecule has 0 saturated heterocycles. The van der Waals surface area contributed by atoms with E-state index in [1.165, 1.54) is 32.1 Å². The Bertz CT molecular complexity index is 717. The van der Waals surface area contributed by atoms with Gasteiger partial charge in [-0.05, 0) is 44.2 Å². The first-order valence-corrected chi connectivity index (χ1v) is 11.3. The topological polar surface area (TPSA) is 49.4 Å². The second kappa shape index (κ2) is 8.26. The number of hydrogen-bond donors (Lipinski definition) is 1. The van der Waals surface area contributed by atoms with E-state index in [1.54, 1.807) is 0 Å². The summed E-state index contributed by atoms with van der Waals surface area (Å²) in [6.07, 6.45) is 13.2. The predicted molar refractivity (Wildman–Crippen MR) is 111 cm³/mol. The van der Waals surface area contributed by atoms with E-state index >= 15 is 0 Å². The summed E-state index contributed by atoms with van der Waals surface area (Å²) in [6.45, 7) is 2.00. The fourth-order valence-electron chi connectivity index (χ4n) is 5.56. The average Bonchev–Trinajstić information content (AvgIpc) is 2.97. The third-order valence-corrected chi connectivity index (χ3v) is 7.15. The summed E-state index contributed by atoms with van der Waals surface area (Å²) in [7, 11) is 0. The highest BCUT2D eigenvalue weighted by Crippen LogP contribution is 2.37.